The van der Waals surface area contributed by atoms with Gasteiger partial charge in [0.15, 0.2) is 0 Å². The van der Waals surface area contributed by atoms with Crippen molar-refractivity contribution in [2.24, 2.45) is 5.92 Å². The van der Waals surface area contributed by atoms with E-state index in [1.165, 1.54) is 19.3 Å². The zero-order valence-corrected chi connectivity index (χ0v) is 9.46. The van der Waals surface area contributed by atoms with E-state index in [1.807, 2.05) is 6.07 Å². The van der Waals surface area contributed by atoms with Crippen molar-refractivity contribution >= 4 is 17.4 Å². The van der Waals surface area contributed by atoms with Crippen LogP contribution in [0.3, 0.4) is 0 Å². The third-order valence-electron chi connectivity index (χ3n) is 3.10. The zero-order chi connectivity index (χ0) is 10.4. The smallest absolute Gasteiger partial charge is 0.135 e. The van der Waals surface area contributed by atoms with Crippen LogP contribution in [-0.2, 0) is 0 Å². The molecule has 0 aromatic carbocycles. The van der Waals surface area contributed by atoms with Gasteiger partial charge >= 0.3 is 0 Å². The summed E-state index contributed by atoms with van der Waals surface area (Å²) in [6, 6.07) is 2.40. The fourth-order valence-electron chi connectivity index (χ4n) is 1.75. The van der Waals surface area contributed by atoms with Crippen molar-refractivity contribution in [1.29, 1.82) is 0 Å². The summed E-state index contributed by atoms with van der Waals surface area (Å²) >= 11 is 5.97. The molecule has 0 bridgehead atoms. The van der Waals surface area contributed by atoms with Crippen molar-refractivity contribution in [3.8, 4) is 0 Å². The normalized spacial score (nSPS) is 28.9. The number of nitrogens with one attached hydrogen (secondary N) is 1. The highest BCUT2D eigenvalue weighted by Crippen LogP contribution is 2.39. The predicted octanol–water partition coefficient (Wildman–Crippen LogP) is 2.83. The fraction of sp³-hybridized carbons (Fsp3) is 0.636. The maximum Gasteiger partial charge on any atom is 0.135 e. The number of aromatic nitrogens is 2. The molecular formula is C11H14ClN3. The molecule has 2 aliphatic carbocycles. The van der Waals surface area contributed by atoms with Crippen molar-refractivity contribution in [2.75, 3.05) is 5.32 Å². The van der Waals surface area contributed by atoms with Crippen LogP contribution in [0.15, 0.2) is 6.07 Å². The second-order valence-electron chi connectivity index (χ2n) is 4.67. The summed E-state index contributed by atoms with van der Waals surface area (Å²) in [7, 11) is 0. The predicted molar refractivity (Wildman–Crippen MR) is 60.2 cm³/mol. The number of nitrogens with zero attached hydrogens (tertiary/aromatic N) is 2. The van der Waals surface area contributed by atoms with E-state index in [9.17, 15) is 0 Å². The molecule has 80 valence electrons. The molecule has 0 aliphatic heterocycles. The van der Waals surface area contributed by atoms with Crippen LogP contribution in [0.2, 0.25) is 5.15 Å². The molecule has 0 saturated heterocycles. The van der Waals surface area contributed by atoms with Gasteiger partial charge in [-0.05, 0) is 25.2 Å². The van der Waals surface area contributed by atoms with Crippen molar-refractivity contribution in [3.63, 3.8) is 0 Å². The highest BCUT2D eigenvalue weighted by Gasteiger charge is 2.33. The lowest BCUT2D eigenvalue weighted by Crippen LogP contribution is -2.07. The Morgan fingerprint density at radius 1 is 1.40 bits per heavy atom. The van der Waals surface area contributed by atoms with Crippen LogP contribution in [0, 0.1) is 5.92 Å². The number of hydrogen-bond acceptors (Lipinski definition) is 3. The standard InChI is InChI=1S/C11H14ClN3/c1-6-4-8(6)13-10-5-9(12)14-11(15-10)7-2-3-7/h5-8H,2-4H2,1H3,(H,13,14,15). The Morgan fingerprint density at radius 3 is 2.73 bits per heavy atom. The Bertz CT molecular complexity index is 389. The van der Waals surface area contributed by atoms with E-state index in [1.54, 1.807) is 0 Å². The molecule has 1 N–H and O–H groups in total. The van der Waals surface area contributed by atoms with Gasteiger partial charge in [0.05, 0.1) is 0 Å². The highest BCUT2D eigenvalue weighted by molar-refractivity contribution is 6.29. The summed E-state index contributed by atoms with van der Waals surface area (Å²) in [4.78, 5) is 8.76. The third kappa shape index (κ3) is 2.07. The number of hydrogen-bond donors (Lipinski definition) is 1. The van der Waals surface area contributed by atoms with E-state index in [-0.39, 0.29) is 0 Å². The Hall–Kier alpha value is -0.830. The molecule has 2 unspecified atom stereocenters. The topological polar surface area (TPSA) is 37.8 Å². The van der Waals surface area contributed by atoms with Gasteiger partial charge in [-0.2, -0.15) is 0 Å². The van der Waals surface area contributed by atoms with Gasteiger partial charge in [0, 0.05) is 18.0 Å². The van der Waals surface area contributed by atoms with Crippen molar-refractivity contribution < 1.29 is 0 Å². The maximum atomic E-state index is 5.97. The third-order valence-corrected chi connectivity index (χ3v) is 3.29. The molecule has 2 aliphatic rings. The SMILES string of the molecule is CC1CC1Nc1cc(Cl)nc(C2CC2)n1. The molecule has 2 saturated carbocycles. The molecule has 1 heterocycles. The van der Waals surface area contributed by atoms with Crippen molar-refractivity contribution in [3.05, 3.63) is 17.0 Å². The summed E-state index contributed by atoms with van der Waals surface area (Å²) in [6.45, 7) is 2.24. The molecule has 0 spiro atoms. The molecule has 1 aromatic rings. The molecule has 4 heteroatoms. The molecular weight excluding hydrogens is 210 g/mol. The fourth-order valence-corrected chi connectivity index (χ4v) is 1.94. The first-order chi connectivity index (χ1) is 7.22. The van der Waals surface area contributed by atoms with Gasteiger partial charge < -0.3 is 5.32 Å². The summed E-state index contributed by atoms with van der Waals surface area (Å²) in [5, 5.41) is 3.95. The zero-order valence-electron chi connectivity index (χ0n) is 8.70. The van der Waals surface area contributed by atoms with E-state index >= 15 is 0 Å². The summed E-state index contributed by atoms with van der Waals surface area (Å²) in [5.74, 6) is 3.13. The molecule has 0 radical (unpaired) electrons. The second-order valence-corrected chi connectivity index (χ2v) is 5.06. The van der Waals surface area contributed by atoms with Gasteiger partial charge in [-0.15, -0.1) is 0 Å². The van der Waals surface area contributed by atoms with Gasteiger partial charge in [0.1, 0.15) is 16.8 Å². The second kappa shape index (κ2) is 3.34. The molecule has 3 rings (SSSR count). The lowest BCUT2D eigenvalue weighted by atomic mass is 10.4. The molecule has 3 nitrogen and oxygen atoms in total. The first kappa shape index (κ1) is 9.40. The van der Waals surface area contributed by atoms with Gasteiger partial charge in [-0.3, -0.25) is 0 Å². The Balaban J connectivity index is 1.80. The molecule has 1 aromatic heterocycles. The highest BCUT2D eigenvalue weighted by atomic mass is 35.5. The van der Waals surface area contributed by atoms with Crippen LogP contribution in [0.1, 0.15) is 37.9 Å². The monoisotopic (exact) mass is 223 g/mol. The summed E-state index contributed by atoms with van der Waals surface area (Å²) < 4.78 is 0. The van der Waals surface area contributed by atoms with Crippen molar-refractivity contribution in [2.45, 2.75) is 38.1 Å². The maximum absolute atomic E-state index is 5.97. The number of rotatable bonds is 3. The Kier molecular flexibility index (Phi) is 2.09. The average Bonchev–Trinajstić information content (AvgIpc) is 3.02. The van der Waals surface area contributed by atoms with Crippen LogP contribution in [-0.4, -0.2) is 16.0 Å². The molecule has 15 heavy (non-hydrogen) atoms. The van der Waals surface area contributed by atoms with Gasteiger partial charge in [-0.25, -0.2) is 9.97 Å². The summed E-state index contributed by atoms with van der Waals surface area (Å²) in [5.41, 5.74) is 0. The van der Waals surface area contributed by atoms with Gasteiger partial charge in [0.25, 0.3) is 0 Å². The van der Waals surface area contributed by atoms with Crippen LogP contribution < -0.4 is 5.32 Å². The minimum Gasteiger partial charge on any atom is -0.367 e. The molecule has 2 fully saturated rings. The first-order valence-corrected chi connectivity index (χ1v) is 5.91. The molecule has 0 amide bonds. The minimum atomic E-state index is 0.556. The van der Waals surface area contributed by atoms with Gasteiger partial charge in [0.2, 0.25) is 0 Å². The number of anilines is 1. The van der Waals surface area contributed by atoms with Crippen LogP contribution >= 0.6 is 11.6 Å². The average molecular weight is 224 g/mol. The molecule has 2 atom stereocenters. The van der Waals surface area contributed by atoms with Crippen LogP contribution in [0.5, 0.6) is 0 Å². The lowest BCUT2D eigenvalue weighted by Gasteiger charge is -2.06. The first-order valence-electron chi connectivity index (χ1n) is 5.53. The van der Waals surface area contributed by atoms with E-state index < -0.39 is 0 Å². The number of halogens is 1. The van der Waals surface area contributed by atoms with E-state index in [2.05, 4.69) is 22.2 Å². The minimum absolute atomic E-state index is 0.556. The van der Waals surface area contributed by atoms with Crippen LogP contribution in [0.25, 0.3) is 0 Å². The summed E-state index contributed by atoms with van der Waals surface area (Å²) in [6.07, 6.45) is 3.65. The quantitative estimate of drug-likeness (QED) is 0.801. The Morgan fingerprint density at radius 2 is 2.13 bits per heavy atom. The van der Waals surface area contributed by atoms with Crippen molar-refractivity contribution in [1.82, 2.24) is 9.97 Å². The van der Waals surface area contributed by atoms with E-state index in [4.69, 9.17) is 11.6 Å². The van der Waals surface area contributed by atoms with Crippen LogP contribution in [0.4, 0.5) is 5.82 Å². The van der Waals surface area contributed by atoms with E-state index in [0.717, 1.165) is 17.6 Å². The van der Waals surface area contributed by atoms with E-state index in [0.29, 0.717) is 17.1 Å². The largest absolute Gasteiger partial charge is 0.367 e. The Labute approximate surface area is 94.3 Å². The lowest BCUT2D eigenvalue weighted by molar-refractivity contribution is 0.895. The van der Waals surface area contributed by atoms with Gasteiger partial charge in [-0.1, -0.05) is 18.5 Å².